The minimum Gasteiger partial charge on any atom is -0.484 e. The molecule has 2 aromatic rings. The predicted octanol–water partition coefficient (Wildman–Crippen LogP) is 1.38. The summed E-state index contributed by atoms with van der Waals surface area (Å²) in [6, 6.07) is 7.22. The molecule has 1 amide bonds. The Morgan fingerprint density at radius 1 is 1.27 bits per heavy atom. The molecule has 0 bridgehead atoms. The first kappa shape index (κ1) is 15.7. The van der Waals surface area contributed by atoms with Crippen LogP contribution in [0.2, 0.25) is 0 Å². The van der Waals surface area contributed by atoms with E-state index in [2.05, 4.69) is 15.3 Å². The van der Waals surface area contributed by atoms with Crippen LogP contribution in [-0.4, -0.2) is 36.6 Å². The molecule has 1 heterocycles. The van der Waals surface area contributed by atoms with Gasteiger partial charge in [0.25, 0.3) is 5.91 Å². The van der Waals surface area contributed by atoms with Crippen molar-refractivity contribution < 1.29 is 13.9 Å². The van der Waals surface area contributed by atoms with E-state index in [0.29, 0.717) is 17.4 Å². The van der Waals surface area contributed by atoms with Crippen LogP contribution in [0.25, 0.3) is 0 Å². The Labute approximate surface area is 128 Å². The van der Waals surface area contributed by atoms with E-state index < -0.39 is 0 Å². The van der Waals surface area contributed by atoms with Crippen LogP contribution in [0, 0.1) is 5.82 Å². The van der Waals surface area contributed by atoms with Gasteiger partial charge in [0.2, 0.25) is 5.95 Å². The van der Waals surface area contributed by atoms with E-state index in [1.54, 1.807) is 17.2 Å². The lowest BCUT2D eigenvalue weighted by atomic mass is 10.3. The van der Waals surface area contributed by atoms with Crippen LogP contribution >= 0.6 is 0 Å². The van der Waals surface area contributed by atoms with Gasteiger partial charge >= 0.3 is 0 Å². The van der Waals surface area contributed by atoms with Crippen LogP contribution in [0.5, 0.6) is 5.75 Å². The summed E-state index contributed by atoms with van der Waals surface area (Å²) >= 11 is 0. The Morgan fingerprint density at radius 2 is 2.00 bits per heavy atom. The number of hydrogen-bond donors (Lipinski definition) is 1. The fraction of sp³-hybridized carbons (Fsp3) is 0.267. The molecule has 1 aromatic carbocycles. The molecule has 7 heteroatoms. The molecule has 1 aromatic heterocycles. The van der Waals surface area contributed by atoms with Crippen LogP contribution in [0.15, 0.2) is 36.5 Å². The van der Waals surface area contributed by atoms with Crippen molar-refractivity contribution in [1.29, 1.82) is 0 Å². The largest absolute Gasteiger partial charge is 0.484 e. The lowest BCUT2D eigenvalue weighted by Crippen LogP contribution is -2.29. The first-order valence-corrected chi connectivity index (χ1v) is 6.69. The third-order valence-corrected chi connectivity index (χ3v) is 2.75. The Hall–Kier alpha value is -2.70. The van der Waals surface area contributed by atoms with E-state index in [9.17, 15) is 9.18 Å². The van der Waals surface area contributed by atoms with E-state index in [1.165, 1.54) is 24.3 Å². The first-order chi connectivity index (χ1) is 10.5. The molecule has 0 spiro atoms. The monoisotopic (exact) mass is 304 g/mol. The standard InChI is InChI=1S/C15H17FN4O2/c1-20(2)15-17-8-7-12(19-15)9-18-14(21)10-22-13-5-3-11(16)4-6-13/h3-8H,9-10H2,1-2H3,(H,18,21). The molecule has 0 unspecified atom stereocenters. The highest BCUT2D eigenvalue weighted by Gasteiger charge is 2.05. The molecule has 0 aliphatic heterocycles. The van der Waals surface area contributed by atoms with E-state index in [-0.39, 0.29) is 24.9 Å². The summed E-state index contributed by atoms with van der Waals surface area (Å²) in [6.45, 7) is 0.145. The molecule has 116 valence electrons. The van der Waals surface area contributed by atoms with Gasteiger partial charge in [0, 0.05) is 20.3 Å². The zero-order valence-electron chi connectivity index (χ0n) is 12.4. The fourth-order valence-corrected chi connectivity index (χ4v) is 1.62. The number of nitrogens with one attached hydrogen (secondary N) is 1. The van der Waals surface area contributed by atoms with Crippen molar-refractivity contribution in [3.8, 4) is 5.75 Å². The topological polar surface area (TPSA) is 67.4 Å². The van der Waals surface area contributed by atoms with Gasteiger partial charge in [0.05, 0.1) is 12.2 Å². The van der Waals surface area contributed by atoms with Gasteiger partial charge in [-0.15, -0.1) is 0 Å². The van der Waals surface area contributed by atoms with Gasteiger partial charge in [0.15, 0.2) is 6.61 Å². The lowest BCUT2D eigenvalue weighted by Gasteiger charge is -2.11. The van der Waals surface area contributed by atoms with E-state index in [4.69, 9.17) is 4.74 Å². The minimum atomic E-state index is -0.350. The van der Waals surface area contributed by atoms with Crippen molar-refractivity contribution in [2.75, 3.05) is 25.6 Å². The molecule has 0 aliphatic rings. The molecule has 0 aliphatic carbocycles. The van der Waals surface area contributed by atoms with Crippen molar-refractivity contribution in [1.82, 2.24) is 15.3 Å². The van der Waals surface area contributed by atoms with Crippen molar-refractivity contribution in [3.63, 3.8) is 0 Å². The second-order valence-corrected chi connectivity index (χ2v) is 4.76. The van der Waals surface area contributed by atoms with Crippen LogP contribution in [0.4, 0.5) is 10.3 Å². The number of benzene rings is 1. The summed E-state index contributed by atoms with van der Waals surface area (Å²) in [6.07, 6.45) is 1.64. The third-order valence-electron chi connectivity index (χ3n) is 2.75. The highest BCUT2D eigenvalue weighted by molar-refractivity contribution is 5.77. The maximum Gasteiger partial charge on any atom is 0.258 e. The van der Waals surface area contributed by atoms with Gasteiger partial charge in [-0.2, -0.15) is 0 Å². The summed E-state index contributed by atoms with van der Waals surface area (Å²) < 4.78 is 18.0. The number of aromatic nitrogens is 2. The number of halogens is 1. The number of anilines is 1. The first-order valence-electron chi connectivity index (χ1n) is 6.69. The van der Waals surface area contributed by atoms with E-state index in [1.807, 2.05) is 14.1 Å². The normalized spacial score (nSPS) is 10.1. The molecule has 0 saturated heterocycles. The Balaban J connectivity index is 1.80. The predicted molar refractivity (Wildman–Crippen MR) is 80.1 cm³/mol. The molecular formula is C15H17FN4O2. The highest BCUT2D eigenvalue weighted by atomic mass is 19.1. The van der Waals surface area contributed by atoms with Gasteiger partial charge in [-0.1, -0.05) is 0 Å². The number of ether oxygens (including phenoxy) is 1. The number of carbonyl (C=O) groups excluding carboxylic acids is 1. The Bertz CT molecular complexity index is 632. The number of rotatable bonds is 6. The summed E-state index contributed by atoms with van der Waals surface area (Å²) in [5.74, 6) is 0.384. The lowest BCUT2D eigenvalue weighted by molar-refractivity contribution is -0.123. The zero-order valence-corrected chi connectivity index (χ0v) is 12.4. The summed E-state index contributed by atoms with van der Waals surface area (Å²) in [5, 5.41) is 2.70. The van der Waals surface area contributed by atoms with Crippen molar-refractivity contribution >= 4 is 11.9 Å². The van der Waals surface area contributed by atoms with Crippen LogP contribution in [0.1, 0.15) is 5.69 Å². The molecule has 6 nitrogen and oxygen atoms in total. The smallest absolute Gasteiger partial charge is 0.258 e. The van der Waals surface area contributed by atoms with Gasteiger partial charge in [0.1, 0.15) is 11.6 Å². The van der Waals surface area contributed by atoms with Gasteiger partial charge in [-0.25, -0.2) is 14.4 Å². The molecule has 2 rings (SSSR count). The quantitative estimate of drug-likeness (QED) is 0.873. The highest BCUT2D eigenvalue weighted by Crippen LogP contribution is 2.10. The molecule has 22 heavy (non-hydrogen) atoms. The average molecular weight is 304 g/mol. The summed E-state index contributed by atoms with van der Waals surface area (Å²) in [7, 11) is 3.68. The van der Waals surface area contributed by atoms with Crippen molar-refractivity contribution in [2.45, 2.75) is 6.54 Å². The maximum atomic E-state index is 12.7. The van der Waals surface area contributed by atoms with Crippen LogP contribution < -0.4 is 15.0 Å². The van der Waals surface area contributed by atoms with Gasteiger partial charge < -0.3 is 15.0 Å². The van der Waals surface area contributed by atoms with Gasteiger partial charge in [-0.05, 0) is 30.3 Å². The SMILES string of the molecule is CN(C)c1nccc(CNC(=O)COc2ccc(F)cc2)n1. The molecule has 0 atom stereocenters. The average Bonchev–Trinajstić information content (AvgIpc) is 2.52. The fourth-order valence-electron chi connectivity index (χ4n) is 1.62. The molecular weight excluding hydrogens is 287 g/mol. The van der Waals surface area contributed by atoms with Gasteiger partial charge in [-0.3, -0.25) is 4.79 Å². The number of carbonyl (C=O) groups is 1. The van der Waals surface area contributed by atoms with E-state index >= 15 is 0 Å². The molecule has 0 saturated carbocycles. The third kappa shape index (κ3) is 4.69. The molecule has 0 radical (unpaired) electrons. The van der Waals surface area contributed by atoms with E-state index in [0.717, 1.165) is 0 Å². The minimum absolute atomic E-state index is 0.142. The number of hydrogen-bond acceptors (Lipinski definition) is 5. The number of amides is 1. The summed E-state index contributed by atoms with van der Waals surface area (Å²) in [5.41, 5.74) is 0.703. The van der Waals surface area contributed by atoms with Crippen LogP contribution in [-0.2, 0) is 11.3 Å². The Kier molecular flexibility index (Phi) is 5.24. The van der Waals surface area contributed by atoms with Crippen molar-refractivity contribution in [3.05, 3.63) is 48.0 Å². The number of nitrogens with zero attached hydrogens (tertiary/aromatic N) is 3. The van der Waals surface area contributed by atoms with Crippen LogP contribution in [0.3, 0.4) is 0 Å². The van der Waals surface area contributed by atoms with Crippen molar-refractivity contribution in [2.24, 2.45) is 0 Å². The second-order valence-electron chi connectivity index (χ2n) is 4.76. The molecule has 0 fully saturated rings. The maximum absolute atomic E-state index is 12.7. The Morgan fingerprint density at radius 3 is 2.68 bits per heavy atom. The summed E-state index contributed by atoms with van der Waals surface area (Å²) in [4.78, 5) is 21.9. The zero-order chi connectivity index (χ0) is 15.9. The second kappa shape index (κ2) is 7.35. The molecule has 1 N–H and O–H groups in total.